The van der Waals surface area contributed by atoms with Crippen LogP contribution in [-0.2, 0) is 4.74 Å². The molecule has 1 aliphatic rings. The molecule has 0 aliphatic carbocycles. The molecule has 2 heterocycles. The van der Waals surface area contributed by atoms with Gasteiger partial charge in [-0.1, -0.05) is 5.21 Å². The van der Waals surface area contributed by atoms with E-state index in [1.54, 1.807) is 11.1 Å². The molecule has 1 aromatic rings. The molecule has 17 heavy (non-hydrogen) atoms. The third-order valence-electron chi connectivity index (χ3n) is 2.39. The first-order chi connectivity index (χ1) is 7.87. The van der Waals surface area contributed by atoms with Crippen LogP contribution < -0.4 is 0 Å². The first-order valence-electron chi connectivity index (χ1n) is 5.40. The number of nitrogens with zero attached hydrogens (tertiary/aromatic N) is 4. The summed E-state index contributed by atoms with van der Waals surface area (Å²) < 4.78 is 8.09. The molecule has 0 aromatic carbocycles. The van der Waals surface area contributed by atoms with Crippen molar-refractivity contribution >= 4 is 28.7 Å². The molecule has 1 saturated heterocycles. The van der Waals surface area contributed by atoms with E-state index in [4.69, 9.17) is 4.74 Å². The number of aromatic nitrogens is 3. The Labute approximate surface area is 113 Å². The summed E-state index contributed by atoms with van der Waals surface area (Å²) in [6, 6.07) is 0.219. The van der Waals surface area contributed by atoms with Gasteiger partial charge in [0.2, 0.25) is 0 Å². The summed E-state index contributed by atoms with van der Waals surface area (Å²) in [5.41, 5.74) is -0.441. The third-order valence-corrected chi connectivity index (χ3v) is 3.16. The lowest BCUT2D eigenvalue weighted by molar-refractivity contribution is -0.000943. The normalized spacial score (nSPS) is 16.8. The van der Waals surface area contributed by atoms with Gasteiger partial charge < -0.3 is 9.64 Å². The Morgan fingerprint density at radius 3 is 2.65 bits per heavy atom. The second kappa shape index (κ2) is 4.43. The van der Waals surface area contributed by atoms with Crippen molar-refractivity contribution in [2.75, 3.05) is 13.1 Å². The van der Waals surface area contributed by atoms with Crippen LogP contribution in [-0.4, -0.2) is 44.7 Å². The highest BCUT2D eigenvalue weighted by atomic mass is 127. The Balaban J connectivity index is 1.87. The lowest BCUT2D eigenvalue weighted by atomic mass is 10.1. The van der Waals surface area contributed by atoms with Gasteiger partial charge in [0.25, 0.3) is 0 Å². The van der Waals surface area contributed by atoms with E-state index in [-0.39, 0.29) is 12.1 Å². The molecule has 7 heteroatoms. The van der Waals surface area contributed by atoms with Gasteiger partial charge in [0.05, 0.1) is 12.2 Å². The first kappa shape index (κ1) is 12.6. The molecule has 2 rings (SSSR count). The quantitative estimate of drug-likeness (QED) is 0.723. The summed E-state index contributed by atoms with van der Waals surface area (Å²) in [7, 11) is 0. The van der Waals surface area contributed by atoms with Crippen LogP contribution in [0, 0.1) is 3.70 Å². The summed E-state index contributed by atoms with van der Waals surface area (Å²) in [4.78, 5) is 13.4. The van der Waals surface area contributed by atoms with Gasteiger partial charge in [-0.25, -0.2) is 9.48 Å². The standard InChI is InChI=1S/C10H15IN4O2/c1-10(2,3)17-9(16)14-5-7(6-14)15-8(11)4-12-13-15/h4,7H,5-6H2,1-3H3. The zero-order valence-corrected chi connectivity index (χ0v) is 12.2. The molecular formula is C10H15IN4O2. The summed E-state index contributed by atoms with van der Waals surface area (Å²) in [6.07, 6.45) is 1.44. The Bertz CT molecular complexity index is 420. The monoisotopic (exact) mass is 350 g/mol. The molecule has 1 fully saturated rings. The predicted molar refractivity (Wildman–Crippen MR) is 69.6 cm³/mol. The number of amides is 1. The molecule has 1 amide bonds. The number of carbonyl (C=O) groups excluding carboxylic acids is 1. The van der Waals surface area contributed by atoms with Crippen molar-refractivity contribution in [3.63, 3.8) is 0 Å². The number of hydrogen-bond acceptors (Lipinski definition) is 4. The van der Waals surface area contributed by atoms with Gasteiger partial charge in [-0.15, -0.1) is 5.10 Å². The number of ether oxygens (including phenoxy) is 1. The zero-order valence-electron chi connectivity index (χ0n) is 10.1. The van der Waals surface area contributed by atoms with Crippen LogP contribution in [0.3, 0.4) is 0 Å². The average molecular weight is 350 g/mol. The smallest absolute Gasteiger partial charge is 0.410 e. The SMILES string of the molecule is CC(C)(C)OC(=O)N1CC(n2nncc2I)C1. The molecule has 0 spiro atoms. The number of carbonyl (C=O) groups is 1. The van der Waals surface area contributed by atoms with E-state index in [0.717, 1.165) is 3.70 Å². The minimum atomic E-state index is -0.441. The Morgan fingerprint density at radius 2 is 2.18 bits per heavy atom. The minimum Gasteiger partial charge on any atom is -0.444 e. The molecule has 0 unspecified atom stereocenters. The lowest BCUT2D eigenvalue weighted by Gasteiger charge is -2.39. The van der Waals surface area contributed by atoms with E-state index in [1.807, 2.05) is 25.5 Å². The van der Waals surface area contributed by atoms with Crippen molar-refractivity contribution < 1.29 is 9.53 Å². The fraction of sp³-hybridized carbons (Fsp3) is 0.700. The van der Waals surface area contributed by atoms with E-state index in [9.17, 15) is 4.79 Å². The second-order valence-corrected chi connectivity index (χ2v) is 6.15. The van der Waals surface area contributed by atoms with E-state index < -0.39 is 5.60 Å². The van der Waals surface area contributed by atoms with Crippen molar-refractivity contribution in [1.82, 2.24) is 19.9 Å². The molecule has 0 N–H and O–H groups in total. The van der Waals surface area contributed by atoms with Gasteiger partial charge >= 0.3 is 6.09 Å². The van der Waals surface area contributed by atoms with E-state index in [1.165, 1.54) is 0 Å². The molecule has 6 nitrogen and oxygen atoms in total. The molecule has 1 aliphatic heterocycles. The third kappa shape index (κ3) is 2.88. The van der Waals surface area contributed by atoms with Crippen LogP contribution in [0.15, 0.2) is 6.20 Å². The molecule has 0 saturated carbocycles. The molecule has 0 radical (unpaired) electrons. The van der Waals surface area contributed by atoms with Gasteiger partial charge in [-0.2, -0.15) is 0 Å². The van der Waals surface area contributed by atoms with Crippen molar-refractivity contribution in [2.45, 2.75) is 32.4 Å². The first-order valence-corrected chi connectivity index (χ1v) is 6.48. The van der Waals surface area contributed by atoms with Crippen LogP contribution in [0.25, 0.3) is 0 Å². The molecule has 1 aromatic heterocycles. The maximum atomic E-state index is 11.7. The second-order valence-electron chi connectivity index (χ2n) is 5.04. The summed E-state index contributed by atoms with van der Waals surface area (Å²) in [6.45, 7) is 6.86. The van der Waals surface area contributed by atoms with Crippen LogP contribution in [0.4, 0.5) is 4.79 Å². The Morgan fingerprint density at radius 1 is 1.53 bits per heavy atom. The molecule has 94 valence electrons. The van der Waals surface area contributed by atoms with Crippen LogP contribution in [0.5, 0.6) is 0 Å². The highest BCUT2D eigenvalue weighted by molar-refractivity contribution is 14.1. The van der Waals surface area contributed by atoms with Gasteiger partial charge in [0.15, 0.2) is 0 Å². The van der Waals surface area contributed by atoms with Crippen molar-refractivity contribution in [1.29, 1.82) is 0 Å². The van der Waals surface area contributed by atoms with Gasteiger partial charge in [0, 0.05) is 13.1 Å². The topological polar surface area (TPSA) is 60.2 Å². The van der Waals surface area contributed by atoms with Crippen LogP contribution >= 0.6 is 22.6 Å². The number of hydrogen-bond donors (Lipinski definition) is 0. The predicted octanol–water partition coefficient (Wildman–Crippen LogP) is 1.67. The number of halogens is 1. The zero-order chi connectivity index (χ0) is 12.6. The lowest BCUT2D eigenvalue weighted by Crippen LogP contribution is -2.52. The van der Waals surface area contributed by atoms with Gasteiger partial charge in [-0.05, 0) is 43.4 Å². The number of likely N-dealkylation sites (tertiary alicyclic amines) is 1. The van der Waals surface area contributed by atoms with Gasteiger partial charge in [0.1, 0.15) is 9.30 Å². The van der Waals surface area contributed by atoms with Crippen LogP contribution in [0.2, 0.25) is 0 Å². The van der Waals surface area contributed by atoms with Crippen LogP contribution in [0.1, 0.15) is 26.8 Å². The summed E-state index contributed by atoms with van der Waals surface area (Å²) in [5.74, 6) is 0. The van der Waals surface area contributed by atoms with E-state index in [2.05, 4.69) is 32.9 Å². The molecular weight excluding hydrogens is 335 g/mol. The molecule has 0 atom stereocenters. The van der Waals surface area contributed by atoms with E-state index in [0.29, 0.717) is 13.1 Å². The highest BCUT2D eigenvalue weighted by Gasteiger charge is 2.35. The highest BCUT2D eigenvalue weighted by Crippen LogP contribution is 2.24. The Hall–Kier alpha value is -0.860. The number of rotatable bonds is 1. The fourth-order valence-electron chi connectivity index (χ4n) is 1.56. The molecule has 0 bridgehead atoms. The largest absolute Gasteiger partial charge is 0.444 e. The Kier molecular flexibility index (Phi) is 3.28. The van der Waals surface area contributed by atoms with Crippen molar-refractivity contribution in [2.24, 2.45) is 0 Å². The average Bonchev–Trinajstić information content (AvgIpc) is 2.46. The van der Waals surface area contributed by atoms with Gasteiger partial charge in [-0.3, -0.25) is 0 Å². The van der Waals surface area contributed by atoms with Crippen molar-refractivity contribution in [3.8, 4) is 0 Å². The minimum absolute atomic E-state index is 0.219. The summed E-state index contributed by atoms with van der Waals surface area (Å²) in [5, 5.41) is 7.81. The van der Waals surface area contributed by atoms with E-state index >= 15 is 0 Å². The van der Waals surface area contributed by atoms with Crippen molar-refractivity contribution in [3.05, 3.63) is 9.90 Å². The maximum Gasteiger partial charge on any atom is 0.410 e. The summed E-state index contributed by atoms with van der Waals surface area (Å²) >= 11 is 2.18. The maximum absolute atomic E-state index is 11.7. The fourth-order valence-corrected chi connectivity index (χ4v) is 2.18.